The van der Waals surface area contributed by atoms with E-state index in [9.17, 15) is 17.6 Å². The summed E-state index contributed by atoms with van der Waals surface area (Å²) >= 11 is 0. The lowest BCUT2D eigenvalue weighted by molar-refractivity contribution is 0.102. The maximum Gasteiger partial charge on any atom is 0.255 e. The van der Waals surface area contributed by atoms with Gasteiger partial charge in [0.05, 0.1) is 5.69 Å². The molecule has 5 nitrogen and oxygen atoms in total. The number of aryl methyl sites for hydroxylation is 1. The quantitative estimate of drug-likeness (QED) is 0.909. The largest absolute Gasteiger partial charge is 0.321 e. The first-order valence-electron chi connectivity index (χ1n) is 5.98. The van der Waals surface area contributed by atoms with Crippen molar-refractivity contribution in [1.82, 2.24) is 0 Å². The van der Waals surface area contributed by atoms with Gasteiger partial charge in [-0.15, -0.1) is 0 Å². The Labute approximate surface area is 121 Å². The highest BCUT2D eigenvalue weighted by atomic mass is 32.2. The third-order valence-electron chi connectivity index (χ3n) is 2.78. The molecule has 2 aromatic rings. The predicted octanol–water partition coefficient (Wildman–Crippen LogP) is 2.03. The Kier molecular flexibility index (Phi) is 4.06. The van der Waals surface area contributed by atoms with Gasteiger partial charge < -0.3 is 5.32 Å². The average molecular weight is 308 g/mol. The molecular weight excluding hydrogens is 295 g/mol. The van der Waals surface area contributed by atoms with E-state index in [1.165, 1.54) is 0 Å². The Balaban J connectivity index is 2.40. The van der Waals surface area contributed by atoms with Crippen molar-refractivity contribution in [2.24, 2.45) is 5.14 Å². The molecule has 0 unspecified atom stereocenters. The lowest BCUT2D eigenvalue weighted by atomic mass is 10.1. The van der Waals surface area contributed by atoms with Crippen LogP contribution in [0.5, 0.6) is 0 Å². The van der Waals surface area contributed by atoms with Crippen molar-refractivity contribution < 1.29 is 17.6 Å². The van der Waals surface area contributed by atoms with Gasteiger partial charge in [0.15, 0.2) is 0 Å². The number of rotatable bonds is 3. The molecule has 2 rings (SSSR count). The maximum atomic E-state index is 13.3. The molecule has 0 saturated carbocycles. The van der Waals surface area contributed by atoms with Crippen LogP contribution < -0.4 is 10.5 Å². The number of carbonyl (C=O) groups excluding carboxylic acids is 1. The summed E-state index contributed by atoms with van der Waals surface area (Å²) < 4.78 is 36.1. The third kappa shape index (κ3) is 3.65. The molecule has 0 aliphatic rings. The highest BCUT2D eigenvalue weighted by Crippen LogP contribution is 2.22. The zero-order valence-corrected chi connectivity index (χ0v) is 11.9. The second-order valence-electron chi connectivity index (χ2n) is 4.51. The number of nitrogens with two attached hydrogens (primary N) is 1. The molecule has 2 aromatic carbocycles. The molecule has 0 bridgehead atoms. The summed E-state index contributed by atoms with van der Waals surface area (Å²) in [6.45, 7) is 1.81. The average Bonchev–Trinajstić information content (AvgIpc) is 2.37. The van der Waals surface area contributed by atoms with Gasteiger partial charge in [-0.25, -0.2) is 17.9 Å². The van der Waals surface area contributed by atoms with Crippen molar-refractivity contribution in [3.8, 4) is 0 Å². The molecule has 0 atom stereocenters. The standard InChI is InChI=1S/C14H13FN2O3S/c1-9-3-2-4-10(7-9)14(18)17-12-8-11(15)5-6-13(12)21(16,19)20/h2-8H,1H3,(H,17,18)(H2,16,19,20). The molecule has 21 heavy (non-hydrogen) atoms. The molecule has 0 aliphatic carbocycles. The van der Waals surface area contributed by atoms with Gasteiger partial charge in [0.2, 0.25) is 10.0 Å². The predicted molar refractivity (Wildman–Crippen MR) is 76.9 cm³/mol. The summed E-state index contributed by atoms with van der Waals surface area (Å²) in [5.41, 5.74) is 1.01. The second-order valence-corrected chi connectivity index (χ2v) is 6.04. The number of anilines is 1. The van der Waals surface area contributed by atoms with Gasteiger partial charge in [-0.2, -0.15) is 0 Å². The van der Waals surface area contributed by atoms with Crippen molar-refractivity contribution in [3.63, 3.8) is 0 Å². The minimum Gasteiger partial charge on any atom is -0.321 e. The molecule has 7 heteroatoms. The number of hydrogen-bond acceptors (Lipinski definition) is 3. The van der Waals surface area contributed by atoms with Gasteiger partial charge in [-0.1, -0.05) is 17.7 Å². The van der Waals surface area contributed by atoms with Crippen LogP contribution in [-0.2, 0) is 10.0 Å². The molecule has 0 fully saturated rings. The van der Waals surface area contributed by atoms with Gasteiger partial charge in [0, 0.05) is 5.56 Å². The van der Waals surface area contributed by atoms with Gasteiger partial charge in [-0.05, 0) is 37.3 Å². The molecule has 0 radical (unpaired) electrons. The van der Waals surface area contributed by atoms with Crippen molar-refractivity contribution in [2.75, 3.05) is 5.32 Å². The second kappa shape index (κ2) is 5.63. The summed E-state index contributed by atoms with van der Waals surface area (Å²) in [6, 6.07) is 9.58. The van der Waals surface area contributed by atoms with E-state index < -0.39 is 21.7 Å². The normalized spacial score (nSPS) is 11.2. The van der Waals surface area contributed by atoms with Crippen LogP contribution in [0.25, 0.3) is 0 Å². The molecule has 3 N–H and O–H groups in total. The SMILES string of the molecule is Cc1cccc(C(=O)Nc2cc(F)ccc2S(N)(=O)=O)c1. The molecule has 0 spiro atoms. The number of halogens is 1. The number of primary sulfonamides is 1. The van der Waals surface area contributed by atoms with Crippen LogP contribution in [0.4, 0.5) is 10.1 Å². The minimum atomic E-state index is -4.07. The van der Waals surface area contributed by atoms with E-state index in [-0.39, 0.29) is 10.6 Å². The monoisotopic (exact) mass is 308 g/mol. The van der Waals surface area contributed by atoms with Crippen LogP contribution >= 0.6 is 0 Å². The first kappa shape index (κ1) is 15.1. The van der Waals surface area contributed by atoms with E-state index in [0.29, 0.717) is 5.56 Å². The number of benzene rings is 2. The number of amides is 1. The van der Waals surface area contributed by atoms with E-state index in [1.807, 2.05) is 13.0 Å². The highest BCUT2D eigenvalue weighted by Gasteiger charge is 2.17. The summed E-state index contributed by atoms with van der Waals surface area (Å²) in [6.07, 6.45) is 0. The third-order valence-corrected chi connectivity index (χ3v) is 3.75. The molecule has 0 saturated heterocycles. The summed E-state index contributed by atoms with van der Waals surface area (Å²) in [4.78, 5) is 11.7. The Morgan fingerprint density at radius 3 is 2.52 bits per heavy atom. The molecule has 0 aliphatic heterocycles. The number of hydrogen-bond donors (Lipinski definition) is 2. The van der Waals surface area contributed by atoms with Gasteiger partial charge in [0.1, 0.15) is 10.7 Å². The van der Waals surface area contributed by atoms with Crippen LogP contribution in [0, 0.1) is 12.7 Å². The van der Waals surface area contributed by atoms with E-state index in [1.54, 1.807) is 18.2 Å². The van der Waals surface area contributed by atoms with Gasteiger partial charge in [0.25, 0.3) is 5.91 Å². The zero-order chi connectivity index (χ0) is 15.6. The van der Waals surface area contributed by atoms with E-state index in [4.69, 9.17) is 5.14 Å². The topological polar surface area (TPSA) is 89.3 Å². The van der Waals surface area contributed by atoms with Crippen molar-refractivity contribution >= 4 is 21.6 Å². The summed E-state index contributed by atoms with van der Waals surface area (Å²) in [7, 11) is -4.07. The number of nitrogens with one attached hydrogen (secondary N) is 1. The molecule has 1 amide bonds. The Hall–Kier alpha value is -2.25. The first-order chi connectivity index (χ1) is 9.77. The molecular formula is C14H13FN2O3S. The first-order valence-corrected chi connectivity index (χ1v) is 7.52. The molecule has 110 valence electrons. The van der Waals surface area contributed by atoms with E-state index in [0.717, 1.165) is 23.8 Å². The summed E-state index contributed by atoms with van der Waals surface area (Å²) in [5.74, 6) is -1.23. The fourth-order valence-electron chi connectivity index (χ4n) is 1.83. The Morgan fingerprint density at radius 1 is 1.19 bits per heavy atom. The van der Waals surface area contributed by atoms with Crippen molar-refractivity contribution in [3.05, 3.63) is 59.4 Å². The van der Waals surface area contributed by atoms with Crippen molar-refractivity contribution in [2.45, 2.75) is 11.8 Å². The highest BCUT2D eigenvalue weighted by molar-refractivity contribution is 7.89. The number of sulfonamides is 1. The Bertz CT molecular complexity index is 804. The minimum absolute atomic E-state index is 0.191. The lowest BCUT2D eigenvalue weighted by Gasteiger charge is -2.10. The van der Waals surface area contributed by atoms with Crippen LogP contribution in [0.15, 0.2) is 47.4 Å². The van der Waals surface area contributed by atoms with Crippen LogP contribution in [0.2, 0.25) is 0 Å². The lowest BCUT2D eigenvalue weighted by Crippen LogP contribution is -2.18. The molecule has 0 heterocycles. The maximum absolute atomic E-state index is 13.3. The Morgan fingerprint density at radius 2 is 1.90 bits per heavy atom. The zero-order valence-electron chi connectivity index (χ0n) is 11.1. The van der Waals surface area contributed by atoms with Gasteiger partial charge in [-0.3, -0.25) is 4.79 Å². The van der Waals surface area contributed by atoms with E-state index >= 15 is 0 Å². The molecule has 0 aromatic heterocycles. The fraction of sp³-hybridized carbons (Fsp3) is 0.0714. The number of carbonyl (C=O) groups is 1. The van der Waals surface area contributed by atoms with Gasteiger partial charge >= 0.3 is 0 Å². The smallest absolute Gasteiger partial charge is 0.255 e. The summed E-state index contributed by atoms with van der Waals surface area (Å²) in [5, 5.41) is 7.41. The van der Waals surface area contributed by atoms with E-state index in [2.05, 4.69) is 5.32 Å². The van der Waals surface area contributed by atoms with Crippen LogP contribution in [0.1, 0.15) is 15.9 Å². The van der Waals surface area contributed by atoms with Crippen LogP contribution in [0.3, 0.4) is 0 Å². The fourth-order valence-corrected chi connectivity index (χ4v) is 2.50. The van der Waals surface area contributed by atoms with Crippen molar-refractivity contribution in [1.29, 1.82) is 0 Å². The van der Waals surface area contributed by atoms with Crippen LogP contribution in [-0.4, -0.2) is 14.3 Å².